The zero-order chi connectivity index (χ0) is 12.7. The molecule has 0 bridgehead atoms. The van der Waals surface area contributed by atoms with Gasteiger partial charge in [0.15, 0.2) is 0 Å². The molecule has 1 aliphatic heterocycles. The molecule has 0 unspecified atom stereocenters. The van der Waals surface area contributed by atoms with Crippen LogP contribution < -0.4 is 5.56 Å². The molecular formula is C13H14N2OS2. The number of hydrogen-bond donors (Lipinski definition) is 0. The van der Waals surface area contributed by atoms with Crippen LogP contribution in [0.4, 0.5) is 0 Å². The average molecular weight is 278 g/mol. The first kappa shape index (κ1) is 12.0. The molecule has 0 aliphatic carbocycles. The molecule has 2 aromatic heterocycles. The fraction of sp³-hybridized carbons (Fsp3) is 0.385. The maximum atomic E-state index is 11.7. The van der Waals surface area contributed by atoms with E-state index in [9.17, 15) is 4.79 Å². The second kappa shape index (κ2) is 4.55. The van der Waals surface area contributed by atoms with Crippen molar-refractivity contribution in [2.75, 3.05) is 5.75 Å². The van der Waals surface area contributed by atoms with Gasteiger partial charge < -0.3 is 0 Å². The maximum absolute atomic E-state index is 11.7. The lowest BCUT2D eigenvalue weighted by Crippen LogP contribution is -2.20. The lowest BCUT2D eigenvalue weighted by atomic mass is 10.1. The van der Waals surface area contributed by atoms with Crippen molar-refractivity contribution in [2.24, 2.45) is 7.05 Å². The Hall–Kier alpha value is -1.07. The Labute approximate surface area is 114 Å². The lowest BCUT2D eigenvalue weighted by Gasteiger charge is -2.05. The van der Waals surface area contributed by atoms with E-state index in [1.807, 2.05) is 23.1 Å². The third-order valence-corrected chi connectivity index (χ3v) is 5.70. The highest BCUT2D eigenvalue weighted by atomic mass is 32.2. The number of thioether (sulfide) groups is 1. The maximum Gasteiger partial charge on any atom is 0.266 e. The standard InChI is InChI=1S/C13H14N2OS2/c1-3-9-7-10-12-8(4-5-17-13(10)18-9)6-11(16)15(2)14-12/h6-7H,3-5H2,1-2H3. The van der Waals surface area contributed by atoms with Crippen molar-refractivity contribution >= 4 is 23.1 Å². The van der Waals surface area contributed by atoms with E-state index in [-0.39, 0.29) is 5.56 Å². The zero-order valence-electron chi connectivity index (χ0n) is 10.4. The summed E-state index contributed by atoms with van der Waals surface area (Å²) in [5, 5.41) is 4.46. The Balaban J connectivity index is 2.25. The van der Waals surface area contributed by atoms with Crippen LogP contribution >= 0.6 is 23.1 Å². The zero-order valence-corrected chi connectivity index (χ0v) is 12.0. The molecule has 0 saturated carbocycles. The largest absolute Gasteiger partial charge is 0.268 e. The van der Waals surface area contributed by atoms with Crippen molar-refractivity contribution < 1.29 is 0 Å². The summed E-state index contributed by atoms with van der Waals surface area (Å²) in [7, 11) is 1.72. The van der Waals surface area contributed by atoms with Crippen LogP contribution in [0.3, 0.4) is 0 Å². The minimum Gasteiger partial charge on any atom is -0.268 e. The summed E-state index contributed by atoms with van der Waals surface area (Å²) < 4.78 is 2.78. The van der Waals surface area contributed by atoms with Gasteiger partial charge in [-0.25, -0.2) is 4.68 Å². The van der Waals surface area contributed by atoms with Crippen LogP contribution in [0.25, 0.3) is 11.3 Å². The topological polar surface area (TPSA) is 34.9 Å². The third kappa shape index (κ3) is 1.91. The molecule has 94 valence electrons. The van der Waals surface area contributed by atoms with E-state index in [0.717, 1.165) is 29.9 Å². The number of rotatable bonds is 1. The molecule has 1 aliphatic rings. The highest BCUT2D eigenvalue weighted by Crippen LogP contribution is 2.41. The molecule has 2 aromatic rings. The Morgan fingerprint density at radius 3 is 3.06 bits per heavy atom. The minimum absolute atomic E-state index is 0.0202. The first-order chi connectivity index (χ1) is 8.69. The Morgan fingerprint density at radius 2 is 2.28 bits per heavy atom. The van der Waals surface area contributed by atoms with Crippen LogP contribution in [0, 0.1) is 0 Å². The smallest absolute Gasteiger partial charge is 0.266 e. The second-order valence-electron chi connectivity index (χ2n) is 4.35. The lowest BCUT2D eigenvalue weighted by molar-refractivity contribution is 0.705. The summed E-state index contributed by atoms with van der Waals surface area (Å²) in [6, 6.07) is 3.97. The summed E-state index contributed by atoms with van der Waals surface area (Å²) in [6.45, 7) is 2.17. The minimum atomic E-state index is -0.0202. The van der Waals surface area contributed by atoms with E-state index in [2.05, 4.69) is 18.1 Å². The van der Waals surface area contributed by atoms with E-state index in [4.69, 9.17) is 0 Å². The number of fused-ring (bicyclic) bond motifs is 3. The van der Waals surface area contributed by atoms with Gasteiger partial charge in [0, 0.05) is 29.3 Å². The highest BCUT2D eigenvalue weighted by Gasteiger charge is 2.20. The molecule has 18 heavy (non-hydrogen) atoms. The molecule has 0 atom stereocenters. The van der Waals surface area contributed by atoms with Gasteiger partial charge in [-0.05, 0) is 24.5 Å². The summed E-state index contributed by atoms with van der Waals surface area (Å²) in [4.78, 5) is 13.1. The summed E-state index contributed by atoms with van der Waals surface area (Å²) in [5.74, 6) is 1.03. The Morgan fingerprint density at radius 1 is 1.44 bits per heavy atom. The SMILES string of the molecule is CCc1cc2c(s1)SCCc1cc(=O)n(C)nc1-2. The molecule has 0 N–H and O–H groups in total. The first-order valence-corrected chi connectivity index (χ1v) is 7.82. The number of hydrogen-bond acceptors (Lipinski definition) is 4. The molecule has 5 heteroatoms. The average Bonchev–Trinajstić information content (AvgIpc) is 2.70. The van der Waals surface area contributed by atoms with Crippen molar-refractivity contribution in [3.63, 3.8) is 0 Å². The predicted octanol–water partition coefficient (Wildman–Crippen LogP) is 2.72. The van der Waals surface area contributed by atoms with Gasteiger partial charge in [0.25, 0.3) is 5.56 Å². The van der Waals surface area contributed by atoms with Crippen LogP contribution in [0.1, 0.15) is 17.4 Å². The molecular weight excluding hydrogens is 264 g/mol. The van der Waals surface area contributed by atoms with Gasteiger partial charge in [-0.15, -0.1) is 23.1 Å². The number of thiophene rings is 1. The van der Waals surface area contributed by atoms with Crippen molar-refractivity contribution in [3.8, 4) is 11.3 Å². The fourth-order valence-electron chi connectivity index (χ4n) is 2.12. The first-order valence-electron chi connectivity index (χ1n) is 6.02. The van der Waals surface area contributed by atoms with E-state index in [0.29, 0.717) is 0 Å². The van der Waals surface area contributed by atoms with Crippen LogP contribution in [-0.4, -0.2) is 15.5 Å². The number of nitrogens with zero attached hydrogens (tertiary/aromatic N) is 2. The summed E-state index contributed by atoms with van der Waals surface area (Å²) in [6.07, 6.45) is 1.98. The van der Waals surface area contributed by atoms with Gasteiger partial charge in [-0.3, -0.25) is 4.79 Å². The van der Waals surface area contributed by atoms with Crippen LogP contribution in [0.2, 0.25) is 0 Å². The van der Waals surface area contributed by atoms with E-state index in [1.165, 1.54) is 19.3 Å². The molecule has 3 heterocycles. The second-order valence-corrected chi connectivity index (χ2v) is 6.85. The third-order valence-electron chi connectivity index (χ3n) is 3.13. The van der Waals surface area contributed by atoms with Crippen molar-refractivity contribution in [3.05, 3.63) is 32.9 Å². The van der Waals surface area contributed by atoms with Gasteiger partial charge in [0.05, 0.1) is 9.90 Å². The molecule has 0 amide bonds. The highest BCUT2D eigenvalue weighted by molar-refractivity contribution is 8.01. The van der Waals surface area contributed by atoms with Crippen LogP contribution in [-0.2, 0) is 19.9 Å². The molecule has 0 radical (unpaired) electrons. The van der Waals surface area contributed by atoms with Gasteiger partial charge in [0.1, 0.15) is 0 Å². The number of aromatic nitrogens is 2. The number of aryl methyl sites for hydroxylation is 3. The van der Waals surface area contributed by atoms with E-state index in [1.54, 1.807) is 13.1 Å². The van der Waals surface area contributed by atoms with Crippen molar-refractivity contribution in [2.45, 2.75) is 24.0 Å². The molecule has 3 rings (SSSR count). The Kier molecular flexibility index (Phi) is 3.03. The normalized spacial score (nSPS) is 13.9. The molecule has 0 spiro atoms. The Bertz CT molecular complexity index is 657. The van der Waals surface area contributed by atoms with Gasteiger partial charge in [-0.2, -0.15) is 5.10 Å². The fourth-order valence-corrected chi connectivity index (χ4v) is 4.57. The van der Waals surface area contributed by atoms with Crippen molar-refractivity contribution in [1.82, 2.24) is 9.78 Å². The molecule has 0 fully saturated rings. The summed E-state index contributed by atoms with van der Waals surface area (Å²) in [5.41, 5.74) is 3.27. The van der Waals surface area contributed by atoms with Gasteiger partial charge in [-0.1, -0.05) is 6.92 Å². The molecule has 0 aromatic carbocycles. The van der Waals surface area contributed by atoms with Crippen molar-refractivity contribution in [1.29, 1.82) is 0 Å². The van der Waals surface area contributed by atoms with E-state index >= 15 is 0 Å². The monoisotopic (exact) mass is 278 g/mol. The predicted molar refractivity (Wildman–Crippen MR) is 76.6 cm³/mol. The quantitative estimate of drug-likeness (QED) is 0.804. The van der Waals surface area contributed by atoms with Crippen LogP contribution in [0.5, 0.6) is 0 Å². The summed E-state index contributed by atoms with van der Waals surface area (Å²) >= 11 is 3.74. The van der Waals surface area contributed by atoms with Crippen LogP contribution in [0.15, 0.2) is 21.1 Å². The molecule has 3 nitrogen and oxygen atoms in total. The van der Waals surface area contributed by atoms with Gasteiger partial charge >= 0.3 is 0 Å². The van der Waals surface area contributed by atoms with E-state index < -0.39 is 0 Å². The van der Waals surface area contributed by atoms with Gasteiger partial charge in [0.2, 0.25) is 0 Å². The molecule has 0 saturated heterocycles.